The summed E-state index contributed by atoms with van der Waals surface area (Å²) >= 11 is 0. The molecule has 0 aliphatic carbocycles. The van der Waals surface area contributed by atoms with Crippen LogP contribution in [0.2, 0.25) is 0 Å². The Hall–Kier alpha value is -2.10. The largest absolute Gasteiger partial charge is 0.373 e. The molecular formula is C15H20N4. The van der Waals surface area contributed by atoms with E-state index in [1.54, 1.807) is 0 Å². The number of aryl methyl sites for hydroxylation is 1. The zero-order valence-corrected chi connectivity index (χ0v) is 11.6. The van der Waals surface area contributed by atoms with E-state index in [0.717, 1.165) is 24.0 Å². The Kier molecular flexibility index (Phi) is 4.34. The van der Waals surface area contributed by atoms with Gasteiger partial charge in [-0.1, -0.05) is 37.3 Å². The molecule has 0 bridgehead atoms. The molecule has 1 unspecified atom stereocenters. The van der Waals surface area contributed by atoms with E-state index in [4.69, 9.17) is 0 Å². The summed E-state index contributed by atoms with van der Waals surface area (Å²) in [5.41, 5.74) is 1.33. The summed E-state index contributed by atoms with van der Waals surface area (Å²) in [7, 11) is 1.86. The summed E-state index contributed by atoms with van der Waals surface area (Å²) in [4.78, 5) is 8.66. The Morgan fingerprint density at radius 1 is 1.11 bits per heavy atom. The van der Waals surface area contributed by atoms with Gasteiger partial charge in [0.1, 0.15) is 17.5 Å². The second-order valence-electron chi connectivity index (χ2n) is 4.63. The van der Waals surface area contributed by atoms with Crippen LogP contribution in [0.5, 0.6) is 0 Å². The van der Waals surface area contributed by atoms with Crippen molar-refractivity contribution >= 4 is 11.6 Å². The predicted octanol–water partition coefficient (Wildman–Crippen LogP) is 3.04. The van der Waals surface area contributed by atoms with Crippen molar-refractivity contribution in [1.82, 2.24) is 9.97 Å². The Labute approximate surface area is 114 Å². The summed E-state index contributed by atoms with van der Waals surface area (Å²) in [5.74, 6) is 2.90. The zero-order chi connectivity index (χ0) is 13.7. The van der Waals surface area contributed by atoms with E-state index in [-0.39, 0.29) is 0 Å². The molecule has 0 aliphatic heterocycles. The molecule has 0 saturated heterocycles. The molecule has 2 N–H and O–H groups in total. The highest BCUT2D eigenvalue weighted by Crippen LogP contribution is 2.16. The Balaban J connectivity index is 2.01. The fourth-order valence-corrected chi connectivity index (χ4v) is 1.94. The number of anilines is 2. The number of rotatable bonds is 5. The second-order valence-corrected chi connectivity index (χ2v) is 4.63. The minimum atomic E-state index is 0.439. The van der Waals surface area contributed by atoms with Gasteiger partial charge < -0.3 is 10.6 Å². The lowest BCUT2D eigenvalue weighted by Crippen LogP contribution is -2.12. The third kappa shape index (κ3) is 3.68. The van der Waals surface area contributed by atoms with Crippen molar-refractivity contribution in [2.75, 3.05) is 24.2 Å². The first-order chi connectivity index (χ1) is 9.19. The molecule has 0 aliphatic rings. The molecule has 0 radical (unpaired) electrons. The number of hydrogen-bond acceptors (Lipinski definition) is 4. The predicted molar refractivity (Wildman–Crippen MR) is 79.7 cm³/mol. The molecule has 1 aromatic heterocycles. The Morgan fingerprint density at radius 2 is 1.79 bits per heavy atom. The lowest BCUT2D eigenvalue weighted by Gasteiger charge is -2.14. The highest BCUT2D eigenvalue weighted by atomic mass is 15.1. The SMILES string of the molecule is CNc1cc(NCC(C)c2ccccc2)nc(C)n1. The number of aromatic nitrogens is 2. The van der Waals surface area contributed by atoms with Gasteiger partial charge in [0.05, 0.1) is 0 Å². The fraction of sp³-hybridized carbons (Fsp3) is 0.333. The first-order valence-corrected chi connectivity index (χ1v) is 6.51. The summed E-state index contributed by atoms with van der Waals surface area (Å²) in [6.07, 6.45) is 0. The average Bonchev–Trinajstić information content (AvgIpc) is 2.45. The van der Waals surface area contributed by atoms with E-state index in [9.17, 15) is 0 Å². The highest BCUT2D eigenvalue weighted by molar-refractivity contribution is 5.47. The molecule has 19 heavy (non-hydrogen) atoms. The summed E-state index contributed by atoms with van der Waals surface area (Å²) in [5, 5.41) is 6.40. The van der Waals surface area contributed by atoms with Crippen LogP contribution in [0.15, 0.2) is 36.4 Å². The molecule has 100 valence electrons. The topological polar surface area (TPSA) is 49.8 Å². The van der Waals surface area contributed by atoms with E-state index in [1.807, 2.05) is 26.1 Å². The van der Waals surface area contributed by atoms with Gasteiger partial charge in [-0.25, -0.2) is 9.97 Å². The van der Waals surface area contributed by atoms with Crippen molar-refractivity contribution in [2.45, 2.75) is 19.8 Å². The van der Waals surface area contributed by atoms with E-state index in [2.05, 4.69) is 51.8 Å². The Morgan fingerprint density at radius 3 is 2.47 bits per heavy atom. The van der Waals surface area contributed by atoms with Crippen molar-refractivity contribution in [1.29, 1.82) is 0 Å². The summed E-state index contributed by atoms with van der Waals surface area (Å²) in [6.45, 7) is 4.95. The van der Waals surface area contributed by atoms with Gasteiger partial charge in [-0.3, -0.25) is 0 Å². The van der Waals surface area contributed by atoms with Crippen LogP contribution < -0.4 is 10.6 Å². The monoisotopic (exact) mass is 256 g/mol. The van der Waals surface area contributed by atoms with Gasteiger partial charge >= 0.3 is 0 Å². The highest BCUT2D eigenvalue weighted by Gasteiger charge is 2.06. The lowest BCUT2D eigenvalue weighted by molar-refractivity contribution is 0.800. The van der Waals surface area contributed by atoms with Crippen molar-refractivity contribution in [3.05, 3.63) is 47.8 Å². The van der Waals surface area contributed by atoms with Gasteiger partial charge in [0.25, 0.3) is 0 Å². The Bertz CT molecular complexity index is 525. The van der Waals surface area contributed by atoms with Crippen LogP contribution in [0, 0.1) is 6.92 Å². The lowest BCUT2D eigenvalue weighted by atomic mass is 10.0. The number of nitrogens with one attached hydrogen (secondary N) is 2. The molecular weight excluding hydrogens is 236 g/mol. The van der Waals surface area contributed by atoms with E-state index in [0.29, 0.717) is 5.92 Å². The molecule has 2 aromatic rings. The molecule has 2 rings (SSSR count). The maximum Gasteiger partial charge on any atom is 0.131 e. The van der Waals surface area contributed by atoms with Crippen LogP contribution in [-0.4, -0.2) is 23.6 Å². The fourth-order valence-electron chi connectivity index (χ4n) is 1.94. The number of hydrogen-bond donors (Lipinski definition) is 2. The van der Waals surface area contributed by atoms with Crippen molar-refractivity contribution in [3.63, 3.8) is 0 Å². The quantitative estimate of drug-likeness (QED) is 0.863. The van der Waals surface area contributed by atoms with Crippen LogP contribution in [0.25, 0.3) is 0 Å². The third-order valence-electron chi connectivity index (χ3n) is 3.05. The van der Waals surface area contributed by atoms with E-state index >= 15 is 0 Å². The van der Waals surface area contributed by atoms with Crippen LogP contribution in [0.3, 0.4) is 0 Å². The maximum atomic E-state index is 4.39. The normalized spacial score (nSPS) is 11.9. The van der Waals surface area contributed by atoms with Gasteiger partial charge in [-0.2, -0.15) is 0 Å². The van der Waals surface area contributed by atoms with E-state index in [1.165, 1.54) is 5.56 Å². The standard InChI is InChI=1S/C15H20N4/c1-11(13-7-5-4-6-8-13)10-17-15-9-14(16-3)18-12(2)19-15/h4-9,11H,10H2,1-3H3,(H2,16,17,18,19). The van der Waals surface area contributed by atoms with Gasteiger partial charge in [0.2, 0.25) is 0 Å². The number of nitrogens with zero attached hydrogens (tertiary/aromatic N) is 2. The molecule has 0 fully saturated rings. The van der Waals surface area contributed by atoms with Gasteiger partial charge in [-0.15, -0.1) is 0 Å². The molecule has 0 amide bonds. The smallest absolute Gasteiger partial charge is 0.131 e. The van der Waals surface area contributed by atoms with Gasteiger partial charge in [0, 0.05) is 19.7 Å². The third-order valence-corrected chi connectivity index (χ3v) is 3.05. The van der Waals surface area contributed by atoms with Crippen molar-refractivity contribution < 1.29 is 0 Å². The minimum absolute atomic E-state index is 0.439. The first kappa shape index (κ1) is 13.3. The first-order valence-electron chi connectivity index (χ1n) is 6.51. The van der Waals surface area contributed by atoms with Crippen LogP contribution in [0.4, 0.5) is 11.6 Å². The molecule has 1 aromatic carbocycles. The minimum Gasteiger partial charge on any atom is -0.373 e. The van der Waals surface area contributed by atoms with Gasteiger partial charge in [0.15, 0.2) is 0 Å². The van der Waals surface area contributed by atoms with Crippen LogP contribution in [-0.2, 0) is 0 Å². The maximum absolute atomic E-state index is 4.39. The zero-order valence-electron chi connectivity index (χ0n) is 11.6. The van der Waals surface area contributed by atoms with Gasteiger partial charge in [-0.05, 0) is 18.4 Å². The second kappa shape index (κ2) is 6.18. The number of benzene rings is 1. The molecule has 4 nitrogen and oxygen atoms in total. The molecule has 1 atom stereocenters. The molecule has 4 heteroatoms. The van der Waals surface area contributed by atoms with Crippen molar-refractivity contribution in [2.24, 2.45) is 0 Å². The van der Waals surface area contributed by atoms with Crippen molar-refractivity contribution in [3.8, 4) is 0 Å². The molecule has 0 spiro atoms. The van der Waals surface area contributed by atoms with E-state index < -0.39 is 0 Å². The van der Waals surface area contributed by atoms with Crippen LogP contribution in [0.1, 0.15) is 24.2 Å². The van der Waals surface area contributed by atoms with Crippen LogP contribution >= 0.6 is 0 Å². The summed E-state index contributed by atoms with van der Waals surface area (Å²) in [6, 6.07) is 12.4. The summed E-state index contributed by atoms with van der Waals surface area (Å²) < 4.78 is 0. The molecule has 0 saturated carbocycles. The molecule has 1 heterocycles. The average molecular weight is 256 g/mol.